The lowest BCUT2D eigenvalue weighted by molar-refractivity contribution is -0.169. The first-order valence-electron chi connectivity index (χ1n) is 5.38. The zero-order chi connectivity index (χ0) is 10.9. The number of aliphatic hydroxyl groups is 1. The van der Waals surface area contributed by atoms with Crippen LogP contribution in [0.2, 0.25) is 0 Å². The minimum atomic E-state index is -2.61. The van der Waals surface area contributed by atoms with Gasteiger partial charge in [0, 0.05) is 0 Å². The fourth-order valence-corrected chi connectivity index (χ4v) is 2.69. The van der Waals surface area contributed by atoms with Crippen molar-refractivity contribution >= 4 is 0 Å². The lowest BCUT2D eigenvalue weighted by Crippen LogP contribution is -2.50. The molecular weight excluding hydrogens is 186 g/mol. The van der Waals surface area contributed by atoms with Crippen molar-refractivity contribution in [2.45, 2.75) is 52.1 Å². The Kier molecular flexibility index (Phi) is 3.51. The maximum atomic E-state index is 12.8. The van der Waals surface area contributed by atoms with Crippen molar-refractivity contribution in [2.75, 3.05) is 0 Å². The highest BCUT2D eigenvalue weighted by molar-refractivity contribution is 4.95. The van der Waals surface area contributed by atoms with E-state index in [0.29, 0.717) is 0 Å². The lowest BCUT2D eigenvalue weighted by Gasteiger charge is -2.43. The Hall–Kier alpha value is -0.180. The SMILES string of the molecule is CC1CCC(C(C)C)C(O)(C(F)F)C1. The second-order valence-corrected chi connectivity index (χ2v) is 5.03. The molecule has 0 bridgehead atoms. The van der Waals surface area contributed by atoms with Gasteiger partial charge in [-0.25, -0.2) is 8.78 Å². The van der Waals surface area contributed by atoms with E-state index in [9.17, 15) is 13.9 Å². The van der Waals surface area contributed by atoms with Gasteiger partial charge < -0.3 is 5.11 Å². The molecule has 0 spiro atoms. The summed E-state index contributed by atoms with van der Waals surface area (Å²) >= 11 is 0. The molecule has 0 aromatic rings. The number of hydrogen-bond donors (Lipinski definition) is 1. The van der Waals surface area contributed by atoms with Gasteiger partial charge in [-0.1, -0.05) is 27.2 Å². The Morgan fingerprint density at radius 1 is 1.29 bits per heavy atom. The molecule has 1 N–H and O–H groups in total. The van der Waals surface area contributed by atoms with E-state index in [4.69, 9.17) is 0 Å². The molecule has 0 radical (unpaired) electrons. The maximum absolute atomic E-state index is 12.8. The van der Waals surface area contributed by atoms with Crippen molar-refractivity contribution in [1.82, 2.24) is 0 Å². The highest BCUT2D eigenvalue weighted by Gasteiger charge is 2.49. The second kappa shape index (κ2) is 4.13. The zero-order valence-electron chi connectivity index (χ0n) is 9.13. The summed E-state index contributed by atoms with van der Waals surface area (Å²) in [5.74, 6) is 0.0872. The van der Waals surface area contributed by atoms with Gasteiger partial charge in [0.05, 0.1) is 0 Å². The monoisotopic (exact) mass is 206 g/mol. The number of rotatable bonds is 2. The van der Waals surface area contributed by atoms with Crippen molar-refractivity contribution in [3.63, 3.8) is 0 Å². The molecular formula is C11H20F2O. The minimum absolute atomic E-state index is 0.126. The van der Waals surface area contributed by atoms with E-state index in [1.165, 1.54) is 0 Å². The topological polar surface area (TPSA) is 20.2 Å². The highest BCUT2D eigenvalue weighted by atomic mass is 19.3. The molecule has 0 aromatic carbocycles. The first-order valence-corrected chi connectivity index (χ1v) is 5.38. The van der Waals surface area contributed by atoms with Crippen LogP contribution >= 0.6 is 0 Å². The van der Waals surface area contributed by atoms with Gasteiger partial charge in [0.25, 0.3) is 6.43 Å². The van der Waals surface area contributed by atoms with Crippen LogP contribution in [0.3, 0.4) is 0 Å². The van der Waals surface area contributed by atoms with E-state index >= 15 is 0 Å². The molecule has 84 valence electrons. The Morgan fingerprint density at radius 2 is 1.86 bits per heavy atom. The largest absolute Gasteiger partial charge is 0.384 e. The third-order valence-corrected chi connectivity index (χ3v) is 3.47. The normalized spacial score (nSPS) is 39.4. The van der Waals surface area contributed by atoms with Gasteiger partial charge in [-0.05, 0) is 30.6 Å². The average molecular weight is 206 g/mol. The predicted octanol–water partition coefficient (Wildman–Crippen LogP) is 3.07. The summed E-state index contributed by atoms with van der Waals surface area (Å²) in [5.41, 5.74) is -1.74. The number of halogens is 2. The molecule has 1 aliphatic rings. The van der Waals surface area contributed by atoms with E-state index in [0.717, 1.165) is 12.8 Å². The molecule has 3 unspecified atom stereocenters. The van der Waals surface area contributed by atoms with Gasteiger partial charge in [-0.15, -0.1) is 0 Å². The van der Waals surface area contributed by atoms with Crippen molar-refractivity contribution in [2.24, 2.45) is 17.8 Å². The average Bonchev–Trinajstić information content (AvgIpc) is 2.02. The molecule has 0 amide bonds. The van der Waals surface area contributed by atoms with Crippen molar-refractivity contribution in [3.05, 3.63) is 0 Å². The van der Waals surface area contributed by atoms with Gasteiger partial charge in [-0.2, -0.15) is 0 Å². The molecule has 14 heavy (non-hydrogen) atoms. The Morgan fingerprint density at radius 3 is 2.29 bits per heavy atom. The number of hydrogen-bond acceptors (Lipinski definition) is 1. The summed E-state index contributed by atoms with van der Waals surface area (Å²) in [6.07, 6.45) is -0.692. The van der Waals surface area contributed by atoms with E-state index in [-0.39, 0.29) is 24.2 Å². The molecule has 1 fully saturated rings. The quantitative estimate of drug-likeness (QED) is 0.736. The van der Waals surface area contributed by atoms with Crippen LogP contribution < -0.4 is 0 Å². The van der Waals surface area contributed by atoms with E-state index in [1.807, 2.05) is 20.8 Å². The molecule has 0 aliphatic heterocycles. The Bertz CT molecular complexity index is 194. The molecule has 1 saturated carbocycles. The fraction of sp³-hybridized carbons (Fsp3) is 1.00. The molecule has 1 rings (SSSR count). The summed E-state index contributed by atoms with van der Waals surface area (Å²) in [6, 6.07) is 0. The summed E-state index contributed by atoms with van der Waals surface area (Å²) in [6.45, 7) is 5.76. The van der Waals surface area contributed by atoms with Gasteiger partial charge in [0.15, 0.2) is 0 Å². The smallest absolute Gasteiger partial charge is 0.267 e. The van der Waals surface area contributed by atoms with Gasteiger partial charge in [-0.3, -0.25) is 0 Å². The number of alkyl halides is 2. The van der Waals surface area contributed by atoms with Crippen LogP contribution in [0.1, 0.15) is 40.0 Å². The molecule has 1 aliphatic carbocycles. The van der Waals surface area contributed by atoms with Gasteiger partial charge in [0.2, 0.25) is 0 Å². The molecule has 3 heteroatoms. The standard InChI is InChI=1S/C11H20F2O/c1-7(2)9-5-4-8(3)6-11(9,14)10(12)13/h7-10,14H,4-6H2,1-3H3. The highest BCUT2D eigenvalue weighted by Crippen LogP contribution is 2.44. The van der Waals surface area contributed by atoms with Crippen LogP contribution in [0.4, 0.5) is 8.78 Å². The first kappa shape index (κ1) is 11.9. The predicted molar refractivity (Wildman–Crippen MR) is 52.3 cm³/mol. The third kappa shape index (κ3) is 2.08. The van der Waals surface area contributed by atoms with Crippen molar-refractivity contribution in [3.8, 4) is 0 Å². The molecule has 0 saturated heterocycles. The molecule has 0 heterocycles. The van der Waals surface area contributed by atoms with Crippen LogP contribution in [-0.4, -0.2) is 17.1 Å². The van der Waals surface area contributed by atoms with Gasteiger partial charge >= 0.3 is 0 Å². The van der Waals surface area contributed by atoms with E-state index in [2.05, 4.69) is 0 Å². The molecule has 3 atom stereocenters. The van der Waals surface area contributed by atoms with Crippen LogP contribution in [0, 0.1) is 17.8 Å². The fourth-order valence-electron chi connectivity index (χ4n) is 2.69. The first-order chi connectivity index (χ1) is 6.38. The van der Waals surface area contributed by atoms with Crippen molar-refractivity contribution in [1.29, 1.82) is 0 Å². The zero-order valence-corrected chi connectivity index (χ0v) is 9.13. The minimum Gasteiger partial charge on any atom is -0.384 e. The van der Waals surface area contributed by atoms with Crippen molar-refractivity contribution < 1.29 is 13.9 Å². The Labute approximate surface area is 84.5 Å². The maximum Gasteiger partial charge on any atom is 0.267 e. The van der Waals surface area contributed by atoms with Crippen LogP contribution in [-0.2, 0) is 0 Å². The summed E-state index contributed by atoms with van der Waals surface area (Å²) in [4.78, 5) is 0. The van der Waals surface area contributed by atoms with Crippen LogP contribution in [0.5, 0.6) is 0 Å². The summed E-state index contributed by atoms with van der Waals surface area (Å²) in [5, 5.41) is 10.00. The summed E-state index contributed by atoms with van der Waals surface area (Å²) < 4.78 is 25.7. The van der Waals surface area contributed by atoms with E-state index in [1.54, 1.807) is 0 Å². The van der Waals surface area contributed by atoms with Gasteiger partial charge in [0.1, 0.15) is 5.60 Å². The lowest BCUT2D eigenvalue weighted by atomic mass is 9.67. The van der Waals surface area contributed by atoms with E-state index < -0.39 is 12.0 Å². The molecule has 0 aromatic heterocycles. The Balaban J connectivity index is 2.83. The molecule has 1 nitrogen and oxygen atoms in total. The second-order valence-electron chi connectivity index (χ2n) is 5.03. The van der Waals surface area contributed by atoms with Crippen LogP contribution in [0.25, 0.3) is 0 Å². The van der Waals surface area contributed by atoms with Crippen LogP contribution in [0.15, 0.2) is 0 Å². The summed E-state index contributed by atoms with van der Waals surface area (Å²) in [7, 11) is 0. The third-order valence-electron chi connectivity index (χ3n) is 3.47.